The first-order valence-electron chi connectivity index (χ1n) is 8.42. The van der Waals surface area contributed by atoms with Crippen molar-refractivity contribution in [2.24, 2.45) is 0 Å². The Morgan fingerprint density at radius 1 is 1.19 bits per heavy atom. The predicted octanol–water partition coefficient (Wildman–Crippen LogP) is 5.24. The quantitative estimate of drug-likeness (QED) is 0.575. The number of nitrogens with zero attached hydrogens (tertiary/aromatic N) is 1. The summed E-state index contributed by atoms with van der Waals surface area (Å²) in [5.41, 5.74) is 6.54. The molecular formula is C20H20ClFN2O2. The molecule has 3 rings (SSSR count). The molecule has 0 saturated heterocycles. The van der Waals surface area contributed by atoms with Gasteiger partial charge in [-0.25, -0.2) is 9.37 Å². The van der Waals surface area contributed by atoms with Crippen molar-refractivity contribution in [3.8, 4) is 11.5 Å². The van der Waals surface area contributed by atoms with E-state index in [4.69, 9.17) is 26.8 Å². The van der Waals surface area contributed by atoms with Crippen molar-refractivity contribution in [1.82, 2.24) is 4.98 Å². The third-order valence-corrected chi connectivity index (χ3v) is 4.25. The van der Waals surface area contributed by atoms with Crippen molar-refractivity contribution in [3.63, 3.8) is 0 Å². The summed E-state index contributed by atoms with van der Waals surface area (Å²) in [7, 11) is 0. The van der Waals surface area contributed by atoms with Gasteiger partial charge >= 0.3 is 0 Å². The van der Waals surface area contributed by atoms with Crippen LogP contribution in [-0.2, 0) is 0 Å². The van der Waals surface area contributed by atoms with Gasteiger partial charge in [-0.2, -0.15) is 0 Å². The van der Waals surface area contributed by atoms with E-state index in [0.29, 0.717) is 23.9 Å². The van der Waals surface area contributed by atoms with Crippen molar-refractivity contribution >= 4 is 28.3 Å². The summed E-state index contributed by atoms with van der Waals surface area (Å²) < 4.78 is 24.9. The first kappa shape index (κ1) is 18.3. The highest BCUT2D eigenvalue weighted by Gasteiger charge is 2.09. The average molecular weight is 375 g/mol. The van der Waals surface area contributed by atoms with Crippen LogP contribution in [-0.4, -0.2) is 17.7 Å². The first-order valence-corrected chi connectivity index (χ1v) is 8.80. The fourth-order valence-corrected chi connectivity index (χ4v) is 2.75. The van der Waals surface area contributed by atoms with E-state index in [1.807, 2.05) is 31.2 Å². The van der Waals surface area contributed by atoms with Crippen LogP contribution >= 0.6 is 11.6 Å². The second-order valence-electron chi connectivity index (χ2n) is 6.06. The van der Waals surface area contributed by atoms with E-state index in [2.05, 4.69) is 4.98 Å². The number of benzene rings is 2. The molecule has 1 aromatic heterocycles. The summed E-state index contributed by atoms with van der Waals surface area (Å²) in [5.74, 6) is 1.16. The van der Waals surface area contributed by atoms with Crippen molar-refractivity contribution in [2.45, 2.75) is 25.9 Å². The molecule has 136 valence electrons. The molecule has 2 aromatic carbocycles. The molecule has 2 N–H and O–H groups in total. The molecule has 1 unspecified atom stereocenters. The second kappa shape index (κ2) is 8.23. The molecule has 0 amide bonds. The van der Waals surface area contributed by atoms with Gasteiger partial charge in [0, 0.05) is 11.5 Å². The number of ether oxygens (including phenoxy) is 2. The van der Waals surface area contributed by atoms with Crippen LogP contribution in [0.25, 0.3) is 10.9 Å². The highest BCUT2D eigenvalue weighted by molar-refractivity contribution is 6.30. The molecule has 0 fully saturated rings. The van der Waals surface area contributed by atoms with Gasteiger partial charge in [0.15, 0.2) is 0 Å². The van der Waals surface area contributed by atoms with Crippen molar-refractivity contribution in [1.29, 1.82) is 0 Å². The van der Waals surface area contributed by atoms with Crippen LogP contribution < -0.4 is 15.2 Å². The molecule has 6 heteroatoms. The standard InChI is InChI=1S/C20H20ClFN2O2/c1-13(4-3-11-25-15-8-9-16(21)17(22)12-15)26-18-6-2-5-14-7-10-19(23)24-20(14)18/h2,5-10,12-13H,3-4,11H2,1H3,(H2,23,24). The van der Waals surface area contributed by atoms with Crippen LogP contribution in [0, 0.1) is 5.82 Å². The molecule has 0 saturated carbocycles. The summed E-state index contributed by atoms with van der Waals surface area (Å²) in [6, 6.07) is 13.9. The Balaban J connectivity index is 1.52. The molecule has 4 nitrogen and oxygen atoms in total. The Morgan fingerprint density at radius 3 is 2.85 bits per heavy atom. The molecule has 3 aromatic rings. The van der Waals surface area contributed by atoms with E-state index >= 15 is 0 Å². The Morgan fingerprint density at radius 2 is 2.04 bits per heavy atom. The summed E-state index contributed by atoms with van der Waals surface area (Å²) in [5, 5.41) is 1.07. The van der Waals surface area contributed by atoms with Crippen LogP contribution in [0.4, 0.5) is 10.2 Å². The summed E-state index contributed by atoms with van der Waals surface area (Å²) in [6.07, 6.45) is 1.54. The number of nitrogens with two attached hydrogens (primary N) is 1. The Hall–Kier alpha value is -2.53. The van der Waals surface area contributed by atoms with Crippen LogP contribution in [0.3, 0.4) is 0 Å². The number of anilines is 1. The Kier molecular flexibility index (Phi) is 5.78. The molecule has 0 aliphatic heterocycles. The van der Waals surface area contributed by atoms with E-state index in [0.717, 1.165) is 23.7 Å². The maximum absolute atomic E-state index is 13.4. The number of fused-ring (bicyclic) bond motifs is 1. The van der Waals surface area contributed by atoms with Crippen LogP contribution in [0.15, 0.2) is 48.5 Å². The zero-order chi connectivity index (χ0) is 18.5. The first-order chi connectivity index (χ1) is 12.5. The SMILES string of the molecule is CC(CCCOc1ccc(Cl)c(F)c1)Oc1cccc2ccc(N)nc12. The molecule has 26 heavy (non-hydrogen) atoms. The van der Waals surface area contributed by atoms with Gasteiger partial charge in [-0.15, -0.1) is 0 Å². The minimum atomic E-state index is -0.483. The number of hydrogen-bond acceptors (Lipinski definition) is 4. The lowest BCUT2D eigenvalue weighted by molar-refractivity contribution is 0.195. The monoisotopic (exact) mass is 374 g/mol. The number of nitrogen functional groups attached to an aromatic ring is 1. The fourth-order valence-electron chi connectivity index (χ4n) is 2.63. The molecule has 0 aliphatic carbocycles. The van der Waals surface area contributed by atoms with E-state index in [1.54, 1.807) is 12.1 Å². The molecule has 1 atom stereocenters. The van der Waals surface area contributed by atoms with Gasteiger partial charge in [-0.3, -0.25) is 0 Å². The van der Waals surface area contributed by atoms with Crippen molar-refractivity contribution in [2.75, 3.05) is 12.3 Å². The van der Waals surface area contributed by atoms with Gasteiger partial charge in [0.25, 0.3) is 0 Å². The van der Waals surface area contributed by atoms with Crippen LogP contribution in [0.1, 0.15) is 19.8 Å². The lowest BCUT2D eigenvalue weighted by atomic mass is 10.2. The number of pyridine rings is 1. The topological polar surface area (TPSA) is 57.4 Å². The average Bonchev–Trinajstić information content (AvgIpc) is 2.62. The van der Waals surface area contributed by atoms with Gasteiger partial charge in [0.1, 0.15) is 28.7 Å². The van der Waals surface area contributed by atoms with Crippen molar-refractivity contribution < 1.29 is 13.9 Å². The van der Waals surface area contributed by atoms with E-state index in [-0.39, 0.29) is 11.1 Å². The zero-order valence-corrected chi connectivity index (χ0v) is 15.2. The fraction of sp³-hybridized carbons (Fsp3) is 0.250. The molecular weight excluding hydrogens is 355 g/mol. The van der Waals surface area contributed by atoms with E-state index in [1.165, 1.54) is 12.1 Å². The molecule has 0 radical (unpaired) electrons. The minimum Gasteiger partial charge on any atom is -0.493 e. The zero-order valence-electron chi connectivity index (χ0n) is 14.4. The normalized spacial score (nSPS) is 12.1. The van der Waals surface area contributed by atoms with Crippen LogP contribution in [0.5, 0.6) is 11.5 Å². The van der Waals surface area contributed by atoms with Gasteiger partial charge < -0.3 is 15.2 Å². The third kappa shape index (κ3) is 4.55. The van der Waals surface area contributed by atoms with Gasteiger partial charge in [-0.1, -0.05) is 23.7 Å². The number of rotatable bonds is 7. The largest absolute Gasteiger partial charge is 0.493 e. The lowest BCUT2D eigenvalue weighted by Crippen LogP contribution is -2.13. The third-order valence-electron chi connectivity index (χ3n) is 3.95. The molecule has 0 bridgehead atoms. The highest BCUT2D eigenvalue weighted by atomic mass is 35.5. The maximum Gasteiger partial charge on any atom is 0.146 e. The number of para-hydroxylation sites is 1. The predicted molar refractivity (Wildman–Crippen MR) is 102 cm³/mol. The highest BCUT2D eigenvalue weighted by Crippen LogP contribution is 2.26. The summed E-state index contributed by atoms with van der Waals surface area (Å²) in [4.78, 5) is 4.36. The molecule has 1 heterocycles. The molecule has 0 aliphatic rings. The van der Waals surface area contributed by atoms with Crippen LogP contribution in [0.2, 0.25) is 5.02 Å². The van der Waals surface area contributed by atoms with Gasteiger partial charge in [0.2, 0.25) is 0 Å². The van der Waals surface area contributed by atoms with Gasteiger partial charge in [0.05, 0.1) is 17.7 Å². The second-order valence-corrected chi connectivity index (χ2v) is 6.47. The minimum absolute atomic E-state index is 0.0191. The Labute approximate surface area is 156 Å². The number of aromatic nitrogens is 1. The van der Waals surface area contributed by atoms with E-state index < -0.39 is 5.82 Å². The smallest absolute Gasteiger partial charge is 0.146 e. The number of halogens is 2. The lowest BCUT2D eigenvalue weighted by Gasteiger charge is -2.16. The summed E-state index contributed by atoms with van der Waals surface area (Å²) >= 11 is 5.65. The summed E-state index contributed by atoms with van der Waals surface area (Å²) in [6.45, 7) is 2.46. The van der Waals surface area contributed by atoms with Gasteiger partial charge in [-0.05, 0) is 50.1 Å². The van der Waals surface area contributed by atoms with Crippen molar-refractivity contribution in [3.05, 3.63) is 59.4 Å². The molecule has 0 spiro atoms. The Bertz CT molecular complexity index is 904. The number of hydrogen-bond donors (Lipinski definition) is 1. The van der Waals surface area contributed by atoms with E-state index in [9.17, 15) is 4.39 Å². The maximum atomic E-state index is 13.4.